The van der Waals surface area contributed by atoms with Crippen LogP contribution in [-0.2, 0) is 0 Å². The van der Waals surface area contributed by atoms with Gasteiger partial charge in [0.15, 0.2) is 0 Å². The van der Waals surface area contributed by atoms with E-state index in [1.165, 1.54) is 24.8 Å². The Balaban J connectivity index is 1.91. The first kappa shape index (κ1) is 12.9. The fourth-order valence-electron chi connectivity index (χ4n) is 2.67. The van der Waals surface area contributed by atoms with Gasteiger partial charge >= 0.3 is 0 Å². The summed E-state index contributed by atoms with van der Waals surface area (Å²) in [5.74, 6) is 1.32. The van der Waals surface area contributed by atoms with Gasteiger partial charge < -0.3 is 10.6 Å². The molecular weight excluding hydrogens is 248 g/mol. The zero-order chi connectivity index (χ0) is 13.9. The lowest BCUT2D eigenvalue weighted by Gasteiger charge is -2.26. The maximum atomic E-state index is 6.13. The normalized spacial score (nSPS) is 15.3. The van der Waals surface area contributed by atoms with Crippen molar-refractivity contribution >= 4 is 11.8 Å². The molecule has 0 aliphatic carbocycles. The molecule has 3 rings (SSSR count). The molecule has 2 N–H and O–H groups in total. The van der Waals surface area contributed by atoms with Gasteiger partial charge in [-0.3, -0.25) is 0 Å². The van der Waals surface area contributed by atoms with E-state index >= 15 is 0 Å². The van der Waals surface area contributed by atoms with E-state index in [0.29, 0.717) is 5.82 Å². The van der Waals surface area contributed by atoms with Crippen LogP contribution in [0, 0.1) is 6.92 Å². The van der Waals surface area contributed by atoms with Crippen molar-refractivity contribution in [1.82, 2.24) is 9.97 Å². The average molecular weight is 268 g/mol. The van der Waals surface area contributed by atoms with Crippen molar-refractivity contribution in [3.05, 3.63) is 36.0 Å². The van der Waals surface area contributed by atoms with Crippen LogP contribution in [0.3, 0.4) is 0 Å². The number of nitrogens with two attached hydrogens (primary N) is 1. The zero-order valence-electron chi connectivity index (χ0n) is 11.8. The smallest absolute Gasteiger partial charge is 0.227 e. The van der Waals surface area contributed by atoms with Crippen LogP contribution in [0.4, 0.5) is 11.8 Å². The molecule has 1 aromatic carbocycles. The summed E-state index contributed by atoms with van der Waals surface area (Å²) in [4.78, 5) is 11.2. The lowest BCUT2D eigenvalue weighted by Crippen LogP contribution is -2.31. The summed E-state index contributed by atoms with van der Waals surface area (Å²) in [6.45, 7) is 4.13. The van der Waals surface area contributed by atoms with Crippen LogP contribution in [0.5, 0.6) is 0 Å². The number of piperidine rings is 1. The van der Waals surface area contributed by atoms with Gasteiger partial charge in [0, 0.05) is 24.8 Å². The van der Waals surface area contributed by atoms with Gasteiger partial charge in [0.05, 0.1) is 0 Å². The van der Waals surface area contributed by atoms with Crippen molar-refractivity contribution in [2.24, 2.45) is 0 Å². The highest BCUT2D eigenvalue weighted by Gasteiger charge is 2.15. The Labute approximate surface area is 119 Å². The summed E-state index contributed by atoms with van der Waals surface area (Å²) in [6, 6.07) is 8.25. The van der Waals surface area contributed by atoms with E-state index in [4.69, 9.17) is 5.73 Å². The third kappa shape index (κ3) is 2.59. The molecule has 0 unspecified atom stereocenters. The second-order valence-electron chi connectivity index (χ2n) is 5.39. The molecule has 0 radical (unpaired) electrons. The minimum Gasteiger partial charge on any atom is -0.383 e. The summed E-state index contributed by atoms with van der Waals surface area (Å²) < 4.78 is 0. The number of hydrogen-bond acceptors (Lipinski definition) is 4. The van der Waals surface area contributed by atoms with Crippen LogP contribution < -0.4 is 10.6 Å². The molecule has 1 aliphatic rings. The first-order chi connectivity index (χ1) is 9.74. The predicted molar refractivity (Wildman–Crippen MR) is 82.7 cm³/mol. The van der Waals surface area contributed by atoms with Crippen LogP contribution in [0.2, 0.25) is 0 Å². The molecule has 0 amide bonds. The lowest BCUT2D eigenvalue weighted by atomic mass is 10.1. The number of rotatable bonds is 2. The Morgan fingerprint density at radius 3 is 2.65 bits per heavy atom. The number of anilines is 2. The van der Waals surface area contributed by atoms with Crippen molar-refractivity contribution in [2.45, 2.75) is 26.2 Å². The molecule has 1 saturated heterocycles. The Morgan fingerprint density at radius 1 is 1.15 bits per heavy atom. The maximum Gasteiger partial charge on any atom is 0.227 e. The molecule has 0 bridgehead atoms. The molecule has 4 heteroatoms. The van der Waals surface area contributed by atoms with E-state index < -0.39 is 0 Å². The summed E-state index contributed by atoms with van der Waals surface area (Å²) >= 11 is 0. The summed E-state index contributed by atoms with van der Waals surface area (Å²) in [6.07, 6.45) is 5.57. The van der Waals surface area contributed by atoms with Gasteiger partial charge in [-0.05, 0) is 31.7 Å². The van der Waals surface area contributed by atoms with Crippen molar-refractivity contribution in [1.29, 1.82) is 0 Å². The standard InChI is InChI=1S/C16H20N4/c1-12-6-5-7-13(10-12)14-11-18-16(19-15(14)17)20-8-3-2-4-9-20/h5-7,10-11H,2-4,8-9H2,1H3,(H2,17,18,19). The molecule has 0 spiro atoms. The van der Waals surface area contributed by atoms with E-state index in [2.05, 4.69) is 33.9 Å². The first-order valence-corrected chi connectivity index (χ1v) is 7.18. The quantitative estimate of drug-likeness (QED) is 0.909. The number of aryl methyl sites for hydroxylation is 1. The number of aromatic nitrogens is 2. The Kier molecular flexibility index (Phi) is 3.54. The van der Waals surface area contributed by atoms with Gasteiger partial charge in [0.2, 0.25) is 5.95 Å². The molecular formula is C16H20N4. The molecule has 0 atom stereocenters. The Morgan fingerprint density at radius 2 is 1.95 bits per heavy atom. The van der Waals surface area contributed by atoms with Crippen LogP contribution in [-0.4, -0.2) is 23.1 Å². The molecule has 0 saturated carbocycles. The van der Waals surface area contributed by atoms with Crippen LogP contribution in [0.15, 0.2) is 30.5 Å². The van der Waals surface area contributed by atoms with Gasteiger partial charge in [0.25, 0.3) is 0 Å². The van der Waals surface area contributed by atoms with E-state index in [9.17, 15) is 0 Å². The van der Waals surface area contributed by atoms with E-state index in [1.54, 1.807) is 0 Å². The highest BCUT2D eigenvalue weighted by atomic mass is 15.3. The lowest BCUT2D eigenvalue weighted by molar-refractivity contribution is 0.568. The van der Waals surface area contributed by atoms with Gasteiger partial charge in [-0.25, -0.2) is 4.98 Å². The van der Waals surface area contributed by atoms with E-state index in [1.807, 2.05) is 18.3 Å². The van der Waals surface area contributed by atoms with E-state index in [-0.39, 0.29) is 0 Å². The van der Waals surface area contributed by atoms with Gasteiger partial charge in [-0.1, -0.05) is 29.8 Å². The van der Waals surface area contributed by atoms with Crippen molar-refractivity contribution in [3.63, 3.8) is 0 Å². The third-order valence-corrected chi connectivity index (χ3v) is 3.77. The topological polar surface area (TPSA) is 55.0 Å². The molecule has 2 heterocycles. The average Bonchev–Trinajstić information content (AvgIpc) is 2.48. The fourth-order valence-corrected chi connectivity index (χ4v) is 2.67. The van der Waals surface area contributed by atoms with Crippen LogP contribution in [0.1, 0.15) is 24.8 Å². The first-order valence-electron chi connectivity index (χ1n) is 7.18. The van der Waals surface area contributed by atoms with E-state index in [0.717, 1.165) is 30.2 Å². The predicted octanol–water partition coefficient (Wildman–Crippen LogP) is 3.02. The third-order valence-electron chi connectivity index (χ3n) is 3.77. The second-order valence-corrected chi connectivity index (χ2v) is 5.39. The molecule has 4 nitrogen and oxygen atoms in total. The highest BCUT2D eigenvalue weighted by Crippen LogP contribution is 2.26. The molecule has 1 aromatic heterocycles. The summed E-state index contributed by atoms with van der Waals surface area (Å²) in [5, 5.41) is 0. The monoisotopic (exact) mass is 268 g/mol. The molecule has 2 aromatic rings. The molecule has 104 valence electrons. The Hall–Kier alpha value is -2.10. The maximum absolute atomic E-state index is 6.13. The molecule has 1 fully saturated rings. The Bertz CT molecular complexity index is 603. The molecule has 20 heavy (non-hydrogen) atoms. The van der Waals surface area contributed by atoms with Crippen molar-refractivity contribution in [3.8, 4) is 11.1 Å². The second kappa shape index (κ2) is 5.49. The van der Waals surface area contributed by atoms with Gasteiger partial charge in [-0.2, -0.15) is 4.98 Å². The summed E-state index contributed by atoms with van der Waals surface area (Å²) in [7, 11) is 0. The zero-order valence-corrected chi connectivity index (χ0v) is 11.8. The number of hydrogen-bond donors (Lipinski definition) is 1. The minimum absolute atomic E-state index is 0.561. The number of nitrogen functional groups attached to an aromatic ring is 1. The van der Waals surface area contributed by atoms with Gasteiger partial charge in [0.1, 0.15) is 5.82 Å². The number of nitrogens with zero attached hydrogens (tertiary/aromatic N) is 3. The van der Waals surface area contributed by atoms with Crippen LogP contribution >= 0.6 is 0 Å². The fraction of sp³-hybridized carbons (Fsp3) is 0.375. The SMILES string of the molecule is Cc1cccc(-c2cnc(N3CCCCC3)nc2N)c1. The van der Waals surface area contributed by atoms with Crippen molar-refractivity contribution in [2.75, 3.05) is 23.7 Å². The molecule has 1 aliphatic heterocycles. The highest BCUT2D eigenvalue weighted by molar-refractivity contribution is 5.74. The summed E-state index contributed by atoms with van der Waals surface area (Å²) in [5.41, 5.74) is 9.33. The minimum atomic E-state index is 0.561. The van der Waals surface area contributed by atoms with Crippen molar-refractivity contribution < 1.29 is 0 Å². The van der Waals surface area contributed by atoms with Crippen LogP contribution in [0.25, 0.3) is 11.1 Å². The number of benzene rings is 1. The largest absolute Gasteiger partial charge is 0.383 e. The van der Waals surface area contributed by atoms with Gasteiger partial charge in [-0.15, -0.1) is 0 Å².